The Labute approximate surface area is 241 Å². The number of hydrogen-bond donors (Lipinski definition) is 1. The fourth-order valence-corrected chi connectivity index (χ4v) is 6.07. The van der Waals surface area contributed by atoms with Crippen molar-refractivity contribution >= 4 is 9.84 Å². The third-order valence-electron chi connectivity index (χ3n) is 6.88. The molecule has 1 N–H and O–H groups in total. The fourth-order valence-electron chi connectivity index (χ4n) is 4.85. The van der Waals surface area contributed by atoms with Crippen LogP contribution in [0.3, 0.4) is 0 Å². The minimum atomic E-state index is -3.88. The van der Waals surface area contributed by atoms with Gasteiger partial charge < -0.3 is 33.5 Å². The Bertz CT molecular complexity index is 1380. The van der Waals surface area contributed by atoms with E-state index in [9.17, 15) is 13.5 Å². The number of rotatable bonds is 14. The number of hydrogen-bond acceptors (Lipinski definition) is 9. The van der Waals surface area contributed by atoms with Crippen molar-refractivity contribution in [3.05, 3.63) is 71.3 Å². The van der Waals surface area contributed by atoms with Crippen molar-refractivity contribution in [3.8, 4) is 28.7 Å². The number of ether oxygens (including phenoxy) is 6. The van der Waals surface area contributed by atoms with Gasteiger partial charge in [0.15, 0.2) is 32.8 Å². The largest absolute Gasteiger partial charge is 0.493 e. The van der Waals surface area contributed by atoms with Crippen LogP contribution in [0.4, 0.5) is 0 Å². The predicted molar refractivity (Wildman–Crippen MR) is 154 cm³/mol. The maximum absolute atomic E-state index is 13.3. The van der Waals surface area contributed by atoms with Crippen molar-refractivity contribution in [2.45, 2.75) is 49.9 Å². The summed E-state index contributed by atoms with van der Waals surface area (Å²) in [6.07, 6.45) is 1.34. The van der Waals surface area contributed by atoms with Gasteiger partial charge in [0, 0.05) is 0 Å². The van der Waals surface area contributed by atoms with Crippen molar-refractivity contribution in [2.75, 3.05) is 40.3 Å². The molecule has 0 bridgehead atoms. The van der Waals surface area contributed by atoms with Crippen molar-refractivity contribution in [1.29, 1.82) is 0 Å². The van der Waals surface area contributed by atoms with E-state index < -0.39 is 28.3 Å². The lowest BCUT2D eigenvalue weighted by Crippen LogP contribution is -2.14. The van der Waals surface area contributed by atoms with Crippen LogP contribution in [0.5, 0.6) is 28.7 Å². The average molecular weight is 587 g/mol. The van der Waals surface area contributed by atoms with E-state index in [2.05, 4.69) is 0 Å². The lowest BCUT2D eigenvalue weighted by atomic mass is 10.0. The topological polar surface area (TPSA) is 110 Å². The first-order valence-electron chi connectivity index (χ1n) is 13.6. The molecule has 3 aromatic carbocycles. The number of sulfone groups is 1. The van der Waals surface area contributed by atoms with E-state index in [4.69, 9.17) is 28.4 Å². The van der Waals surface area contributed by atoms with Gasteiger partial charge in [-0.25, -0.2) is 8.42 Å². The Morgan fingerprint density at radius 3 is 2.00 bits per heavy atom. The summed E-state index contributed by atoms with van der Waals surface area (Å²) in [7, 11) is 0.798. The molecule has 222 valence electrons. The summed E-state index contributed by atoms with van der Waals surface area (Å²) in [6, 6.07) is 16.7. The number of benzene rings is 3. The van der Waals surface area contributed by atoms with E-state index in [0.717, 1.165) is 11.1 Å². The van der Waals surface area contributed by atoms with Crippen LogP contribution in [-0.2, 0) is 21.2 Å². The summed E-state index contributed by atoms with van der Waals surface area (Å²) in [5.74, 6) is 1.59. The molecule has 0 aliphatic carbocycles. The standard InChI is InChI=1S/C31H38O9S/c1-5-14-38-31-28(39-20-21-9-7-6-8-10-21)18-23(19-29(31)41(33,34)15-13-32)25-12-11-24(40-25)22-16-26(35-2)30(37-4)27(17-22)36-3/h6-10,16-19,24-25,32H,5,11-15,20H2,1-4H3. The molecule has 0 amide bonds. The molecule has 0 radical (unpaired) electrons. The van der Waals surface area contributed by atoms with E-state index in [-0.39, 0.29) is 23.4 Å². The zero-order chi connectivity index (χ0) is 29.4. The van der Waals surface area contributed by atoms with Crippen LogP contribution in [0.2, 0.25) is 0 Å². The third-order valence-corrected chi connectivity index (χ3v) is 8.57. The minimum Gasteiger partial charge on any atom is -0.493 e. The molecule has 3 aromatic rings. The van der Waals surface area contributed by atoms with E-state index in [1.54, 1.807) is 33.5 Å². The molecule has 1 aliphatic heterocycles. The molecule has 1 saturated heterocycles. The Balaban J connectivity index is 1.72. The molecule has 1 heterocycles. The SMILES string of the molecule is CCCOc1c(OCc2ccccc2)cc(C2CCC(c3cc(OC)c(OC)c(OC)c3)O2)cc1S(=O)(=O)CCO. The summed E-state index contributed by atoms with van der Waals surface area (Å²) >= 11 is 0. The van der Waals surface area contributed by atoms with Crippen LogP contribution >= 0.6 is 0 Å². The van der Waals surface area contributed by atoms with Gasteiger partial charge in [0.2, 0.25) is 5.75 Å². The van der Waals surface area contributed by atoms with Gasteiger partial charge in [-0.1, -0.05) is 37.3 Å². The number of aliphatic hydroxyl groups is 1. The van der Waals surface area contributed by atoms with Gasteiger partial charge in [-0.2, -0.15) is 0 Å². The van der Waals surface area contributed by atoms with Crippen LogP contribution in [0.15, 0.2) is 59.5 Å². The molecular formula is C31H38O9S. The lowest BCUT2D eigenvalue weighted by Gasteiger charge is -2.21. The van der Waals surface area contributed by atoms with E-state index in [1.165, 1.54) is 0 Å². The lowest BCUT2D eigenvalue weighted by molar-refractivity contribution is 0.0434. The summed E-state index contributed by atoms with van der Waals surface area (Å²) in [5, 5.41) is 9.51. The van der Waals surface area contributed by atoms with Gasteiger partial charge in [-0.15, -0.1) is 0 Å². The fraction of sp³-hybridized carbons (Fsp3) is 0.419. The highest BCUT2D eigenvalue weighted by molar-refractivity contribution is 7.91. The van der Waals surface area contributed by atoms with E-state index >= 15 is 0 Å². The second-order valence-corrected chi connectivity index (χ2v) is 11.7. The quantitative estimate of drug-likeness (QED) is 0.264. The normalized spacial score (nSPS) is 16.8. The Kier molecular flexibility index (Phi) is 10.4. The van der Waals surface area contributed by atoms with Gasteiger partial charge in [0.25, 0.3) is 0 Å². The van der Waals surface area contributed by atoms with Gasteiger partial charge >= 0.3 is 0 Å². The molecule has 9 nitrogen and oxygen atoms in total. The second-order valence-electron chi connectivity index (χ2n) is 9.66. The molecule has 1 aliphatic rings. The highest BCUT2D eigenvalue weighted by atomic mass is 32.2. The smallest absolute Gasteiger partial charge is 0.203 e. The van der Waals surface area contributed by atoms with Crippen LogP contribution in [0.1, 0.15) is 55.1 Å². The van der Waals surface area contributed by atoms with E-state index in [0.29, 0.717) is 54.4 Å². The molecule has 41 heavy (non-hydrogen) atoms. The van der Waals surface area contributed by atoms with Crippen LogP contribution in [0, 0.1) is 0 Å². The average Bonchev–Trinajstić information content (AvgIpc) is 3.49. The van der Waals surface area contributed by atoms with E-state index in [1.807, 2.05) is 49.4 Å². The monoisotopic (exact) mass is 586 g/mol. The van der Waals surface area contributed by atoms with Crippen LogP contribution < -0.4 is 23.7 Å². The third kappa shape index (κ3) is 7.06. The first-order valence-corrected chi connectivity index (χ1v) is 15.3. The predicted octanol–water partition coefficient (Wildman–Crippen LogP) is 5.44. The first kappa shape index (κ1) is 30.5. The molecule has 10 heteroatoms. The molecule has 0 aromatic heterocycles. The highest BCUT2D eigenvalue weighted by Gasteiger charge is 2.33. The zero-order valence-electron chi connectivity index (χ0n) is 23.9. The molecule has 2 unspecified atom stereocenters. The summed E-state index contributed by atoms with van der Waals surface area (Å²) < 4.78 is 61.7. The Morgan fingerprint density at radius 2 is 1.44 bits per heavy atom. The van der Waals surface area contributed by atoms with Crippen LogP contribution in [-0.4, -0.2) is 53.8 Å². The Morgan fingerprint density at radius 1 is 0.829 bits per heavy atom. The maximum Gasteiger partial charge on any atom is 0.203 e. The number of aliphatic hydroxyl groups excluding tert-OH is 1. The molecular weight excluding hydrogens is 548 g/mol. The minimum absolute atomic E-state index is 0.0135. The second kappa shape index (κ2) is 13.9. The van der Waals surface area contributed by atoms with Gasteiger partial charge in [0.1, 0.15) is 11.5 Å². The molecule has 2 atom stereocenters. The number of methoxy groups -OCH3 is 3. The van der Waals surface area contributed by atoms with Crippen molar-refractivity contribution in [1.82, 2.24) is 0 Å². The van der Waals surface area contributed by atoms with Gasteiger partial charge in [-0.3, -0.25) is 0 Å². The van der Waals surface area contributed by atoms with Crippen molar-refractivity contribution < 1.29 is 41.9 Å². The summed E-state index contributed by atoms with van der Waals surface area (Å²) in [6.45, 7) is 1.97. The van der Waals surface area contributed by atoms with Crippen molar-refractivity contribution in [3.63, 3.8) is 0 Å². The summed E-state index contributed by atoms with van der Waals surface area (Å²) in [5.41, 5.74) is 2.45. The molecule has 4 rings (SSSR count). The van der Waals surface area contributed by atoms with Gasteiger partial charge in [0.05, 0.1) is 52.5 Å². The van der Waals surface area contributed by atoms with Crippen molar-refractivity contribution in [2.24, 2.45) is 0 Å². The van der Waals surface area contributed by atoms with Crippen LogP contribution in [0.25, 0.3) is 0 Å². The van der Waals surface area contributed by atoms with Gasteiger partial charge in [-0.05, 0) is 60.2 Å². The summed E-state index contributed by atoms with van der Waals surface area (Å²) in [4.78, 5) is -0.0135. The zero-order valence-corrected chi connectivity index (χ0v) is 24.7. The maximum atomic E-state index is 13.3. The first-order chi connectivity index (χ1) is 19.8. The highest BCUT2D eigenvalue weighted by Crippen LogP contribution is 2.48. The molecule has 0 spiro atoms. The molecule has 1 fully saturated rings. The Hall–Kier alpha value is -3.47. The molecule has 0 saturated carbocycles.